The highest BCUT2D eigenvalue weighted by molar-refractivity contribution is 4.73. The van der Waals surface area contributed by atoms with Crippen LogP contribution in [0.4, 0.5) is 0 Å². The zero-order valence-electron chi connectivity index (χ0n) is 5.56. The molecule has 0 radical (unpaired) electrons. The van der Waals surface area contributed by atoms with Crippen LogP contribution >= 0.6 is 0 Å². The summed E-state index contributed by atoms with van der Waals surface area (Å²) in [6, 6.07) is 0.503. The van der Waals surface area contributed by atoms with Gasteiger partial charge in [0.25, 0.3) is 0 Å². The zero-order chi connectivity index (χ0) is 5.98. The van der Waals surface area contributed by atoms with Crippen molar-refractivity contribution in [3.8, 4) is 0 Å². The van der Waals surface area contributed by atoms with Crippen molar-refractivity contribution < 1.29 is 0 Å². The third kappa shape index (κ3) is 1.22. The van der Waals surface area contributed by atoms with Gasteiger partial charge in [0.2, 0.25) is 0 Å². The Morgan fingerprint density at radius 3 is 2.25 bits per heavy atom. The molecule has 8 heavy (non-hydrogen) atoms. The van der Waals surface area contributed by atoms with Crippen molar-refractivity contribution in [3.63, 3.8) is 0 Å². The van der Waals surface area contributed by atoms with Gasteiger partial charge in [-0.25, -0.2) is 0 Å². The summed E-state index contributed by atoms with van der Waals surface area (Å²) in [5.41, 5.74) is 5.78. The molecule has 0 bridgehead atoms. The van der Waals surface area contributed by atoms with Gasteiger partial charge < -0.3 is 5.73 Å². The molecule has 0 aromatic rings. The first-order valence-electron chi connectivity index (χ1n) is 3.56. The number of hydrogen-bond acceptors (Lipinski definition) is 1. The minimum absolute atomic E-state index is 0.503. The fraction of sp³-hybridized carbons (Fsp3) is 1.00. The maximum Gasteiger partial charge on any atom is 0.00645 e. The largest absolute Gasteiger partial charge is 0.327 e. The SMILES string of the molecule is CC1CCCC[C@H]1N. The van der Waals surface area contributed by atoms with Crippen LogP contribution in [0, 0.1) is 5.92 Å². The molecule has 1 fully saturated rings. The molecule has 1 aliphatic carbocycles. The van der Waals surface area contributed by atoms with Crippen LogP contribution in [0.5, 0.6) is 0 Å². The number of nitrogens with two attached hydrogens (primary N) is 1. The Balaban J connectivity index is 2.28. The predicted octanol–water partition coefficient (Wildman–Crippen LogP) is 1.52. The molecule has 1 rings (SSSR count). The fourth-order valence-corrected chi connectivity index (χ4v) is 1.34. The van der Waals surface area contributed by atoms with Gasteiger partial charge in [-0.05, 0) is 18.8 Å². The summed E-state index contributed by atoms with van der Waals surface area (Å²) in [6.07, 6.45) is 5.35. The summed E-state index contributed by atoms with van der Waals surface area (Å²) in [6.45, 7) is 2.25. The van der Waals surface area contributed by atoms with Gasteiger partial charge >= 0.3 is 0 Å². The van der Waals surface area contributed by atoms with E-state index in [1.807, 2.05) is 0 Å². The monoisotopic (exact) mass is 113 g/mol. The molecule has 48 valence electrons. The molecular formula is C7H15N. The van der Waals surface area contributed by atoms with E-state index in [0.29, 0.717) is 6.04 Å². The molecule has 0 aliphatic heterocycles. The van der Waals surface area contributed by atoms with E-state index in [2.05, 4.69) is 6.92 Å². The Labute approximate surface area is 51.3 Å². The van der Waals surface area contributed by atoms with Gasteiger partial charge in [-0.3, -0.25) is 0 Å². The summed E-state index contributed by atoms with van der Waals surface area (Å²) in [4.78, 5) is 0. The molecule has 1 nitrogen and oxygen atoms in total. The van der Waals surface area contributed by atoms with E-state index in [4.69, 9.17) is 5.73 Å². The maximum absolute atomic E-state index is 5.78. The molecule has 0 saturated heterocycles. The second kappa shape index (κ2) is 2.49. The second-order valence-electron chi connectivity index (χ2n) is 2.93. The van der Waals surface area contributed by atoms with Crippen molar-refractivity contribution >= 4 is 0 Å². The standard InChI is InChI=1S/C7H15N/c1-6-4-2-3-5-7(6)8/h6-7H,2-5,8H2,1H3/t6?,7-/m1/s1. The first-order valence-corrected chi connectivity index (χ1v) is 3.56. The quantitative estimate of drug-likeness (QED) is 0.506. The van der Waals surface area contributed by atoms with Crippen LogP contribution in [0.1, 0.15) is 32.6 Å². The van der Waals surface area contributed by atoms with Crippen LogP contribution < -0.4 is 5.73 Å². The summed E-state index contributed by atoms with van der Waals surface area (Å²) in [5, 5.41) is 0. The molecular weight excluding hydrogens is 98.1 g/mol. The summed E-state index contributed by atoms with van der Waals surface area (Å²) in [5.74, 6) is 0.781. The topological polar surface area (TPSA) is 26.0 Å². The first kappa shape index (κ1) is 6.09. The van der Waals surface area contributed by atoms with Crippen LogP contribution in [0.2, 0.25) is 0 Å². The molecule has 1 heteroatoms. The van der Waals surface area contributed by atoms with E-state index >= 15 is 0 Å². The third-order valence-electron chi connectivity index (χ3n) is 2.18. The molecule has 2 atom stereocenters. The van der Waals surface area contributed by atoms with Crippen LogP contribution in [0.3, 0.4) is 0 Å². The first-order chi connectivity index (χ1) is 3.80. The summed E-state index contributed by atoms with van der Waals surface area (Å²) in [7, 11) is 0. The molecule has 0 aromatic heterocycles. The van der Waals surface area contributed by atoms with Crippen LogP contribution in [0.15, 0.2) is 0 Å². The van der Waals surface area contributed by atoms with Crippen LogP contribution in [0.25, 0.3) is 0 Å². The average molecular weight is 113 g/mol. The molecule has 1 unspecified atom stereocenters. The zero-order valence-corrected chi connectivity index (χ0v) is 5.56. The number of rotatable bonds is 0. The highest BCUT2D eigenvalue weighted by Crippen LogP contribution is 2.21. The highest BCUT2D eigenvalue weighted by Gasteiger charge is 2.15. The maximum atomic E-state index is 5.78. The van der Waals surface area contributed by atoms with Crippen molar-refractivity contribution in [2.24, 2.45) is 11.7 Å². The van der Waals surface area contributed by atoms with E-state index in [1.165, 1.54) is 25.7 Å². The van der Waals surface area contributed by atoms with E-state index in [-0.39, 0.29) is 0 Å². The summed E-state index contributed by atoms with van der Waals surface area (Å²) < 4.78 is 0. The Kier molecular flexibility index (Phi) is 1.90. The van der Waals surface area contributed by atoms with Gasteiger partial charge in [0, 0.05) is 6.04 Å². The fourth-order valence-electron chi connectivity index (χ4n) is 1.34. The van der Waals surface area contributed by atoms with Gasteiger partial charge in [0.1, 0.15) is 0 Å². The molecule has 0 heterocycles. The predicted molar refractivity (Wildman–Crippen MR) is 35.6 cm³/mol. The molecule has 1 saturated carbocycles. The van der Waals surface area contributed by atoms with E-state index < -0.39 is 0 Å². The van der Waals surface area contributed by atoms with Gasteiger partial charge in [0.15, 0.2) is 0 Å². The van der Waals surface area contributed by atoms with Gasteiger partial charge in [0.05, 0.1) is 0 Å². The van der Waals surface area contributed by atoms with Gasteiger partial charge in [-0.2, -0.15) is 0 Å². The third-order valence-corrected chi connectivity index (χ3v) is 2.18. The lowest BCUT2D eigenvalue weighted by Gasteiger charge is -2.24. The second-order valence-corrected chi connectivity index (χ2v) is 2.93. The summed E-state index contributed by atoms with van der Waals surface area (Å²) >= 11 is 0. The van der Waals surface area contributed by atoms with Crippen LogP contribution in [-0.2, 0) is 0 Å². The average Bonchev–Trinajstić information content (AvgIpc) is 1.77. The van der Waals surface area contributed by atoms with Gasteiger partial charge in [-0.1, -0.05) is 19.8 Å². The Bertz CT molecular complexity index is 60.8. The lowest BCUT2D eigenvalue weighted by atomic mass is 9.87. The lowest BCUT2D eigenvalue weighted by molar-refractivity contribution is 0.331. The Morgan fingerprint density at radius 1 is 1.25 bits per heavy atom. The van der Waals surface area contributed by atoms with E-state index in [0.717, 1.165) is 5.92 Å². The van der Waals surface area contributed by atoms with Gasteiger partial charge in [-0.15, -0.1) is 0 Å². The van der Waals surface area contributed by atoms with E-state index in [1.54, 1.807) is 0 Å². The molecule has 1 aliphatic rings. The van der Waals surface area contributed by atoms with Crippen molar-refractivity contribution in [1.29, 1.82) is 0 Å². The Hall–Kier alpha value is -0.0400. The minimum atomic E-state index is 0.503. The van der Waals surface area contributed by atoms with E-state index in [9.17, 15) is 0 Å². The van der Waals surface area contributed by atoms with Crippen LogP contribution in [-0.4, -0.2) is 6.04 Å². The van der Waals surface area contributed by atoms with Crippen molar-refractivity contribution in [2.75, 3.05) is 0 Å². The molecule has 0 aromatic carbocycles. The highest BCUT2D eigenvalue weighted by atomic mass is 14.6. The minimum Gasteiger partial charge on any atom is -0.327 e. The number of hydrogen-bond donors (Lipinski definition) is 1. The smallest absolute Gasteiger partial charge is 0.00645 e. The molecule has 0 spiro atoms. The van der Waals surface area contributed by atoms with Crippen molar-refractivity contribution in [2.45, 2.75) is 38.6 Å². The normalized spacial score (nSPS) is 39.8. The van der Waals surface area contributed by atoms with Crippen molar-refractivity contribution in [1.82, 2.24) is 0 Å². The van der Waals surface area contributed by atoms with Crippen molar-refractivity contribution in [3.05, 3.63) is 0 Å². The Morgan fingerprint density at radius 2 is 1.88 bits per heavy atom. The molecule has 2 N–H and O–H groups in total. The molecule has 0 amide bonds. The lowest BCUT2D eigenvalue weighted by Crippen LogP contribution is -2.30.